The van der Waals surface area contributed by atoms with Crippen LogP contribution in [0.15, 0.2) is 17.7 Å². The maximum Gasteiger partial charge on any atom is 0.334 e. The monoisotopic (exact) mass is 293 g/mol. The smallest absolute Gasteiger partial charge is 0.334 e. The van der Waals surface area contributed by atoms with E-state index < -0.39 is 10.9 Å². The van der Waals surface area contributed by atoms with E-state index in [1.54, 1.807) is 6.92 Å². The molecule has 0 radical (unpaired) electrons. The quantitative estimate of drug-likeness (QED) is 0.366. The first-order valence-corrected chi connectivity index (χ1v) is 6.28. The van der Waals surface area contributed by atoms with Crippen molar-refractivity contribution in [1.82, 2.24) is 0 Å². The molecule has 0 amide bonds. The van der Waals surface area contributed by atoms with Gasteiger partial charge >= 0.3 is 5.97 Å². The molecule has 2 rings (SSSR count). The number of carbonyl (C=O) groups excluding carboxylic acids is 1. The van der Waals surface area contributed by atoms with Gasteiger partial charge in [0, 0.05) is 12.0 Å². The lowest BCUT2D eigenvalue weighted by Crippen LogP contribution is -2.00. The molecule has 0 saturated carbocycles. The first-order chi connectivity index (χ1) is 9.96. The Kier molecular flexibility index (Phi) is 4.11. The Labute approximate surface area is 121 Å². The molecule has 1 saturated heterocycles. The zero-order chi connectivity index (χ0) is 15.6. The Morgan fingerprint density at radius 3 is 2.43 bits per heavy atom. The predicted octanol–water partition coefficient (Wildman–Crippen LogP) is 2.33. The second-order valence-electron chi connectivity index (χ2n) is 4.61. The molecule has 0 aromatic heterocycles. The summed E-state index contributed by atoms with van der Waals surface area (Å²) in [5.74, 6) is 0.162. The van der Waals surface area contributed by atoms with Crippen LogP contribution in [0, 0.1) is 10.1 Å². The van der Waals surface area contributed by atoms with Gasteiger partial charge < -0.3 is 14.2 Å². The fraction of sp³-hybridized carbons (Fsp3) is 0.357. The van der Waals surface area contributed by atoms with Gasteiger partial charge in [0.1, 0.15) is 6.10 Å². The first-order valence-electron chi connectivity index (χ1n) is 6.28. The topological polar surface area (TPSA) is 87.9 Å². The van der Waals surface area contributed by atoms with Gasteiger partial charge in [-0.15, -0.1) is 0 Å². The van der Waals surface area contributed by atoms with E-state index in [0.29, 0.717) is 17.7 Å². The Hall–Kier alpha value is -2.57. The number of nitro groups is 1. The molecule has 112 valence electrons. The minimum Gasteiger partial charge on any atom is -0.493 e. The molecular formula is C14H15NO6. The summed E-state index contributed by atoms with van der Waals surface area (Å²) in [7, 11) is 2.84. The van der Waals surface area contributed by atoms with Crippen molar-refractivity contribution in [2.24, 2.45) is 0 Å². The summed E-state index contributed by atoms with van der Waals surface area (Å²) in [6, 6.07) is 2.75. The van der Waals surface area contributed by atoms with E-state index >= 15 is 0 Å². The summed E-state index contributed by atoms with van der Waals surface area (Å²) in [4.78, 5) is 22.3. The Morgan fingerprint density at radius 2 is 1.95 bits per heavy atom. The van der Waals surface area contributed by atoms with Crippen molar-refractivity contribution in [3.8, 4) is 11.5 Å². The maximum absolute atomic E-state index is 11.6. The van der Waals surface area contributed by atoms with Gasteiger partial charge in [0.2, 0.25) is 0 Å². The number of benzene rings is 1. The standard InChI is InChI=1S/C14H15NO6/c1-8-4-10(14(16)21-8)5-9-6-12(19-2)13(20-3)7-11(9)15(17)18/h5-8H,4H2,1-3H3/b10-5+/t8-/m1/s1. The van der Waals surface area contributed by atoms with Crippen molar-refractivity contribution in [2.75, 3.05) is 14.2 Å². The molecule has 1 aliphatic heterocycles. The average Bonchev–Trinajstić information content (AvgIpc) is 2.76. The Bertz CT molecular complexity index is 622. The largest absolute Gasteiger partial charge is 0.493 e. The lowest BCUT2D eigenvalue weighted by Gasteiger charge is -2.09. The molecule has 1 fully saturated rings. The van der Waals surface area contributed by atoms with Crippen LogP contribution in [0.3, 0.4) is 0 Å². The molecule has 1 aromatic carbocycles. The zero-order valence-corrected chi connectivity index (χ0v) is 11.9. The SMILES string of the molecule is COc1cc(/C=C2\C[C@@H](C)OC2=O)c([N+](=O)[O-])cc1OC. The molecule has 0 spiro atoms. The van der Waals surface area contributed by atoms with Crippen molar-refractivity contribution in [3.05, 3.63) is 33.4 Å². The van der Waals surface area contributed by atoms with Crippen molar-refractivity contribution in [2.45, 2.75) is 19.4 Å². The highest BCUT2D eigenvalue weighted by Crippen LogP contribution is 2.36. The summed E-state index contributed by atoms with van der Waals surface area (Å²) in [6.07, 6.45) is 1.67. The van der Waals surface area contributed by atoms with Crippen LogP contribution in [0.25, 0.3) is 6.08 Å². The molecule has 21 heavy (non-hydrogen) atoms. The lowest BCUT2D eigenvalue weighted by atomic mass is 10.1. The van der Waals surface area contributed by atoms with E-state index in [2.05, 4.69) is 0 Å². The van der Waals surface area contributed by atoms with Gasteiger partial charge in [-0.1, -0.05) is 0 Å². The second-order valence-corrected chi connectivity index (χ2v) is 4.61. The third kappa shape index (κ3) is 2.96. The number of ether oxygens (including phenoxy) is 3. The molecule has 0 unspecified atom stereocenters. The van der Waals surface area contributed by atoms with Crippen molar-refractivity contribution < 1.29 is 23.9 Å². The van der Waals surface area contributed by atoms with Gasteiger partial charge in [-0.05, 0) is 19.1 Å². The van der Waals surface area contributed by atoms with Crippen LogP contribution >= 0.6 is 0 Å². The number of rotatable bonds is 4. The number of cyclic esters (lactones) is 1. The normalized spacial score (nSPS) is 19.5. The van der Waals surface area contributed by atoms with Crippen molar-refractivity contribution in [3.63, 3.8) is 0 Å². The molecule has 1 atom stereocenters. The van der Waals surface area contributed by atoms with Gasteiger partial charge in [-0.25, -0.2) is 4.79 Å². The van der Waals surface area contributed by atoms with E-state index in [-0.39, 0.29) is 23.1 Å². The molecule has 1 heterocycles. The number of nitro benzene ring substituents is 1. The minimum absolute atomic E-state index is 0.160. The van der Waals surface area contributed by atoms with Crippen molar-refractivity contribution >= 4 is 17.7 Å². The molecule has 1 aromatic rings. The molecule has 1 aliphatic rings. The fourth-order valence-corrected chi connectivity index (χ4v) is 2.16. The Morgan fingerprint density at radius 1 is 1.33 bits per heavy atom. The molecule has 7 nitrogen and oxygen atoms in total. The average molecular weight is 293 g/mol. The van der Waals surface area contributed by atoms with E-state index in [1.165, 1.54) is 32.4 Å². The number of methoxy groups -OCH3 is 2. The summed E-state index contributed by atoms with van der Waals surface area (Å²) in [5, 5.41) is 11.2. The summed E-state index contributed by atoms with van der Waals surface area (Å²) < 4.78 is 15.2. The van der Waals surface area contributed by atoms with Crippen LogP contribution in [-0.4, -0.2) is 31.2 Å². The third-order valence-electron chi connectivity index (χ3n) is 3.14. The summed E-state index contributed by atoms with van der Waals surface area (Å²) >= 11 is 0. The maximum atomic E-state index is 11.6. The minimum atomic E-state index is -0.530. The van der Waals surface area contributed by atoms with Crippen LogP contribution in [0.4, 0.5) is 5.69 Å². The lowest BCUT2D eigenvalue weighted by molar-refractivity contribution is -0.385. The second kappa shape index (κ2) is 5.82. The molecule has 7 heteroatoms. The Balaban J connectivity index is 2.54. The van der Waals surface area contributed by atoms with E-state index in [1.807, 2.05) is 0 Å². The van der Waals surface area contributed by atoms with E-state index in [0.717, 1.165) is 0 Å². The highest BCUT2D eigenvalue weighted by molar-refractivity contribution is 5.96. The zero-order valence-electron chi connectivity index (χ0n) is 11.9. The van der Waals surface area contributed by atoms with Crippen molar-refractivity contribution in [1.29, 1.82) is 0 Å². The van der Waals surface area contributed by atoms with Gasteiger partial charge in [-0.2, -0.15) is 0 Å². The van der Waals surface area contributed by atoms with E-state index in [9.17, 15) is 14.9 Å². The van der Waals surface area contributed by atoms with Crippen LogP contribution in [0.2, 0.25) is 0 Å². The predicted molar refractivity (Wildman–Crippen MR) is 74.3 cm³/mol. The third-order valence-corrected chi connectivity index (χ3v) is 3.14. The molecule has 0 aliphatic carbocycles. The summed E-state index contributed by atoms with van der Waals surface area (Å²) in [6.45, 7) is 1.77. The highest BCUT2D eigenvalue weighted by Gasteiger charge is 2.27. The molecular weight excluding hydrogens is 278 g/mol. The number of carbonyl (C=O) groups is 1. The van der Waals surface area contributed by atoms with Crippen LogP contribution in [-0.2, 0) is 9.53 Å². The van der Waals surface area contributed by atoms with Crippen LogP contribution < -0.4 is 9.47 Å². The number of hydrogen-bond donors (Lipinski definition) is 0. The van der Waals surface area contributed by atoms with E-state index in [4.69, 9.17) is 14.2 Å². The van der Waals surface area contributed by atoms with Gasteiger partial charge in [-0.3, -0.25) is 10.1 Å². The number of hydrogen-bond acceptors (Lipinski definition) is 6. The summed E-state index contributed by atoms with van der Waals surface area (Å²) in [5.41, 5.74) is 0.518. The fourth-order valence-electron chi connectivity index (χ4n) is 2.16. The number of nitrogens with zero attached hydrogens (tertiary/aromatic N) is 1. The van der Waals surface area contributed by atoms with Gasteiger partial charge in [0.15, 0.2) is 11.5 Å². The first kappa shape index (κ1) is 14.8. The number of esters is 1. The molecule has 0 N–H and O–H groups in total. The van der Waals surface area contributed by atoms with Gasteiger partial charge in [0.05, 0.1) is 30.8 Å². The van der Waals surface area contributed by atoms with Gasteiger partial charge in [0.25, 0.3) is 5.69 Å². The highest BCUT2D eigenvalue weighted by atomic mass is 16.6. The molecule has 0 bridgehead atoms. The van der Waals surface area contributed by atoms with Crippen LogP contribution in [0.5, 0.6) is 11.5 Å². The van der Waals surface area contributed by atoms with Crippen LogP contribution in [0.1, 0.15) is 18.9 Å².